The molecule has 1 aromatic carbocycles. The van der Waals surface area contributed by atoms with Gasteiger partial charge in [0, 0.05) is 12.0 Å². The van der Waals surface area contributed by atoms with E-state index in [9.17, 15) is 4.79 Å². The Bertz CT molecular complexity index is 726. The van der Waals surface area contributed by atoms with Crippen molar-refractivity contribution in [1.29, 1.82) is 0 Å². The lowest BCUT2D eigenvalue weighted by Gasteiger charge is -2.33. The number of aromatic nitrogens is 2. The largest absolute Gasteiger partial charge is 0.349 e. The van der Waals surface area contributed by atoms with E-state index < -0.39 is 0 Å². The van der Waals surface area contributed by atoms with Gasteiger partial charge in [0.2, 0.25) is 5.91 Å². The van der Waals surface area contributed by atoms with Gasteiger partial charge in [0.1, 0.15) is 5.82 Å². The Morgan fingerprint density at radius 1 is 1.33 bits per heavy atom. The molecule has 1 aromatic heterocycles. The maximum Gasteiger partial charge on any atom is 0.223 e. The zero-order valence-corrected chi connectivity index (χ0v) is 15.1. The molecule has 2 aromatic rings. The number of aromatic amines is 1. The number of hydrogen-bond acceptors (Lipinski definition) is 3. The Morgan fingerprint density at radius 3 is 2.71 bits per heavy atom. The molecule has 0 atom stereocenters. The molecule has 2 heterocycles. The molecule has 0 bridgehead atoms. The van der Waals surface area contributed by atoms with E-state index >= 15 is 0 Å². The van der Waals surface area contributed by atoms with Gasteiger partial charge in [0.05, 0.1) is 17.6 Å². The van der Waals surface area contributed by atoms with Crippen molar-refractivity contribution in [2.45, 2.75) is 53.1 Å². The number of likely N-dealkylation sites (tertiary alicyclic amines) is 1. The molecule has 1 aliphatic rings. The number of imidazole rings is 1. The lowest BCUT2D eigenvalue weighted by atomic mass is 9.95. The highest BCUT2D eigenvalue weighted by Crippen LogP contribution is 2.20. The summed E-state index contributed by atoms with van der Waals surface area (Å²) in [6.45, 7) is 11.1. The molecular formula is C19H28N4O. The molecule has 5 heteroatoms. The number of rotatable bonds is 4. The Morgan fingerprint density at radius 2 is 2.04 bits per heavy atom. The molecule has 130 valence electrons. The van der Waals surface area contributed by atoms with Gasteiger partial charge in [-0.15, -0.1) is 0 Å². The average Bonchev–Trinajstić information content (AvgIpc) is 3.00. The number of nitrogens with one attached hydrogen (secondary N) is 2. The normalized spacial score (nSPS) is 16.9. The number of carbonyl (C=O) groups excluding carboxylic acids is 1. The number of piperidine rings is 1. The fourth-order valence-electron chi connectivity index (χ4n) is 3.44. The molecule has 0 radical (unpaired) electrons. The fraction of sp³-hybridized carbons (Fsp3) is 0.579. The van der Waals surface area contributed by atoms with Crippen molar-refractivity contribution >= 4 is 16.9 Å². The van der Waals surface area contributed by atoms with Crippen molar-refractivity contribution < 1.29 is 4.79 Å². The van der Waals surface area contributed by atoms with Crippen LogP contribution in [-0.4, -0.2) is 39.9 Å². The first-order valence-corrected chi connectivity index (χ1v) is 8.92. The average molecular weight is 328 g/mol. The zero-order chi connectivity index (χ0) is 17.3. The number of benzene rings is 1. The summed E-state index contributed by atoms with van der Waals surface area (Å²) in [7, 11) is 0. The van der Waals surface area contributed by atoms with Gasteiger partial charge in [-0.25, -0.2) is 4.98 Å². The number of amides is 1. The molecule has 3 rings (SSSR count). The van der Waals surface area contributed by atoms with Crippen molar-refractivity contribution in [3.63, 3.8) is 0 Å². The number of fused-ring (bicyclic) bond motifs is 1. The maximum absolute atomic E-state index is 12.4. The van der Waals surface area contributed by atoms with Crippen LogP contribution in [0.15, 0.2) is 12.1 Å². The van der Waals surface area contributed by atoms with Gasteiger partial charge in [-0.3, -0.25) is 4.79 Å². The summed E-state index contributed by atoms with van der Waals surface area (Å²) in [5.74, 6) is 1.12. The van der Waals surface area contributed by atoms with Gasteiger partial charge in [-0.05, 0) is 70.8 Å². The van der Waals surface area contributed by atoms with Gasteiger partial charge < -0.3 is 15.2 Å². The number of carbonyl (C=O) groups is 1. The molecule has 0 unspecified atom stereocenters. The van der Waals surface area contributed by atoms with E-state index in [1.54, 1.807) is 0 Å². The molecule has 0 saturated carbocycles. The number of hydrogen-bond donors (Lipinski definition) is 2. The molecule has 0 spiro atoms. The third kappa shape index (κ3) is 3.46. The van der Waals surface area contributed by atoms with E-state index in [0.717, 1.165) is 42.8 Å². The number of nitrogens with zero attached hydrogens (tertiary/aromatic N) is 2. The predicted molar refractivity (Wildman–Crippen MR) is 96.8 cm³/mol. The SMILES string of the molecule is Cc1ccc2[nH]c(CNC(=O)C3CCN(C(C)C)CC3)nc2c1C. The minimum Gasteiger partial charge on any atom is -0.349 e. The highest BCUT2D eigenvalue weighted by Gasteiger charge is 2.25. The molecule has 0 aliphatic carbocycles. The summed E-state index contributed by atoms with van der Waals surface area (Å²) in [6.07, 6.45) is 1.89. The standard InChI is InChI=1S/C19H28N4O/c1-12(2)23-9-7-15(8-10-23)19(24)20-11-17-21-16-6-5-13(3)14(4)18(16)22-17/h5-6,12,15H,7-11H2,1-4H3,(H,20,24)(H,21,22). The van der Waals surface area contributed by atoms with E-state index in [1.807, 2.05) is 0 Å². The molecule has 1 aliphatic heterocycles. The lowest BCUT2D eigenvalue weighted by Crippen LogP contribution is -2.43. The molecule has 1 fully saturated rings. The summed E-state index contributed by atoms with van der Waals surface area (Å²) in [4.78, 5) is 22.8. The second-order valence-corrected chi connectivity index (χ2v) is 7.21. The summed E-state index contributed by atoms with van der Waals surface area (Å²) in [5, 5.41) is 3.06. The quantitative estimate of drug-likeness (QED) is 0.907. The van der Waals surface area contributed by atoms with E-state index in [4.69, 9.17) is 0 Å². The van der Waals surface area contributed by atoms with Gasteiger partial charge in [-0.2, -0.15) is 0 Å². The van der Waals surface area contributed by atoms with E-state index in [-0.39, 0.29) is 11.8 Å². The van der Waals surface area contributed by atoms with Crippen LogP contribution in [0, 0.1) is 19.8 Å². The van der Waals surface area contributed by atoms with Crippen LogP contribution in [-0.2, 0) is 11.3 Å². The minimum atomic E-state index is 0.133. The number of H-pyrrole nitrogens is 1. The van der Waals surface area contributed by atoms with E-state index in [0.29, 0.717) is 12.6 Å². The van der Waals surface area contributed by atoms with Crippen LogP contribution < -0.4 is 5.32 Å². The molecule has 24 heavy (non-hydrogen) atoms. The van der Waals surface area contributed by atoms with E-state index in [1.165, 1.54) is 11.1 Å². The lowest BCUT2D eigenvalue weighted by molar-refractivity contribution is -0.126. The molecule has 5 nitrogen and oxygen atoms in total. The Kier molecular flexibility index (Phi) is 4.90. The van der Waals surface area contributed by atoms with Crippen LogP contribution in [0.5, 0.6) is 0 Å². The first-order valence-electron chi connectivity index (χ1n) is 8.92. The zero-order valence-electron chi connectivity index (χ0n) is 15.1. The van der Waals surface area contributed by atoms with Crippen LogP contribution in [0.1, 0.15) is 43.6 Å². The van der Waals surface area contributed by atoms with Crippen molar-refractivity contribution in [2.24, 2.45) is 5.92 Å². The van der Waals surface area contributed by atoms with Crippen molar-refractivity contribution in [3.8, 4) is 0 Å². The second kappa shape index (κ2) is 6.93. The van der Waals surface area contributed by atoms with Gasteiger partial charge >= 0.3 is 0 Å². The van der Waals surface area contributed by atoms with E-state index in [2.05, 4.69) is 60.0 Å². The molecule has 1 saturated heterocycles. The highest BCUT2D eigenvalue weighted by atomic mass is 16.1. The van der Waals surface area contributed by atoms with Crippen LogP contribution in [0.3, 0.4) is 0 Å². The van der Waals surface area contributed by atoms with Crippen LogP contribution >= 0.6 is 0 Å². The molecular weight excluding hydrogens is 300 g/mol. The smallest absolute Gasteiger partial charge is 0.223 e. The topological polar surface area (TPSA) is 61.0 Å². The predicted octanol–water partition coefficient (Wildman–Crippen LogP) is 2.92. The summed E-state index contributed by atoms with van der Waals surface area (Å²) >= 11 is 0. The Labute approximate surface area is 143 Å². The summed E-state index contributed by atoms with van der Waals surface area (Å²) < 4.78 is 0. The van der Waals surface area contributed by atoms with Gasteiger partial charge in [0.25, 0.3) is 0 Å². The van der Waals surface area contributed by atoms with Gasteiger partial charge in [-0.1, -0.05) is 6.07 Å². The van der Waals surface area contributed by atoms with Gasteiger partial charge in [0.15, 0.2) is 0 Å². The fourth-order valence-corrected chi connectivity index (χ4v) is 3.44. The first kappa shape index (κ1) is 17.0. The van der Waals surface area contributed by atoms with Crippen molar-refractivity contribution in [3.05, 3.63) is 29.1 Å². The minimum absolute atomic E-state index is 0.133. The third-order valence-electron chi connectivity index (χ3n) is 5.29. The first-order chi connectivity index (χ1) is 11.5. The monoisotopic (exact) mass is 328 g/mol. The molecule has 1 amide bonds. The third-order valence-corrected chi connectivity index (χ3v) is 5.29. The van der Waals surface area contributed by atoms with Crippen molar-refractivity contribution in [1.82, 2.24) is 20.2 Å². The molecule has 2 N–H and O–H groups in total. The summed E-state index contributed by atoms with van der Waals surface area (Å²) in [6, 6.07) is 4.72. The van der Waals surface area contributed by atoms with Crippen LogP contribution in [0.4, 0.5) is 0 Å². The second-order valence-electron chi connectivity index (χ2n) is 7.21. The Balaban J connectivity index is 1.58. The summed E-state index contributed by atoms with van der Waals surface area (Å²) in [5.41, 5.74) is 4.47. The number of aryl methyl sites for hydroxylation is 2. The van der Waals surface area contributed by atoms with Crippen LogP contribution in [0.2, 0.25) is 0 Å². The van der Waals surface area contributed by atoms with Crippen LogP contribution in [0.25, 0.3) is 11.0 Å². The highest BCUT2D eigenvalue weighted by molar-refractivity contribution is 5.80. The van der Waals surface area contributed by atoms with Crippen molar-refractivity contribution in [2.75, 3.05) is 13.1 Å². The maximum atomic E-state index is 12.4. The Hall–Kier alpha value is -1.88.